The van der Waals surface area contributed by atoms with Crippen LogP contribution in [0.5, 0.6) is 0 Å². The largest absolute Gasteiger partial charge is 0.469 e. The minimum absolute atomic E-state index is 0.0781. The van der Waals surface area contributed by atoms with Gasteiger partial charge in [-0.1, -0.05) is 6.92 Å². The minimum Gasteiger partial charge on any atom is -0.469 e. The zero-order valence-electron chi connectivity index (χ0n) is 10.8. The topological polar surface area (TPSA) is 72.9 Å². The van der Waals surface area contributed by atoms with Gasteiger partial charge in [0.2, 0.25) is 10.0 Å². The summed E-state index contributed by atoms with van der Waals surface area (Å²) in [5.74, 6) is -0.977. The Kier molecular flexibility index (Phi) is 7.33. The summed E-state index contributed by atoms with van der Waals surface area (Å²) in [5, 5.41) is 0. The predicted octanol–water partition coefficient (Wildman–Crippen LogP) is 0.0936. The third-order valence-electron chi connectivity index (χ3n) is 2.30. The van der Waals surface area contributed by atoms with Crippen molar-refractivity contribution in [2.45, 2.75) is 13.8 Å². The third-order valence-corrected chi connectivity index (χ3v) is 4.08. The first-order valence-electron chi connectivity index (χ1n) is 5.44. The lowest BCUT2D eigenvalue weighted by Crippen LogP contribution is -2.36. The zero-order chi connectivity index (χ0) is 13.5. The number of sulfonamides is 1. The molecule has 0 aliphatic heterocycles. The van der Waals surface area contributed by atoms with E-state index in [0.29, 0.717) is 6.61 Å². The van der Waals surface area contributed by atoms with E-state index in [2.05, 4.69) is 4.74 Å². The molecule has 1 atom stereocenters. The molecule has 0 unspecified atom stereocenters. The van der Waals surface area contributed by atoms with E-state index in [1.165, 1.54) is 14.2 Å². The van der Waals surface area contributed by atoms with Crippen molar-refractivity contribution in [2.24, 2.45) is 5.92 Å². The summed E-state index contributed by atoms with van der Waals surface area (Å²) in [6.07, 6.45) is 0. The maximum absolute atomic E-state index is 11.7. The Morgan fingerprint density at radius 2 is 2.00 bits per heavy atom. The van der Waals surface area contributed by atoms with Crippen LogP contribution in [0.3, 0.4) is 0 Å². The highest BCUT2D eigenvalue weighted by atomic mass is 32.2. The van der Waals surface area contributed by atoms with Gasteiger partial charge >= 0.3 is 5.97 Å². The number of esters is 1. The van der Waals surface area contributed by atoms with Gasteiger partial charge in [-0.2, -0.15) is 0 Å². The number of carbonyl (C=O) groups is 1. The Morgan fingerprint density at radius 1 is 1.41 bits per heavy atom. The number of nitrogens with zero attached hydrogens (tertiary/aromatic N) is 1. The quantitative estimate of drug-likeness (QED) is 0.460. The Labute approximate surface area is 103 Å². The Morgan fingerprint density at radius 3 is 2.47 bits per heavy atom. The minimum atomic E-state index is -3.37. The maximum atomic E-state index is 11.7. The number of carbonyl (C=O) groups excluding carboxylic acids is 1. The van der Waals surface area contributed by atoms with Crippen LogP contribution in [0.2, 0.25) is 0 Å². The summed E-state index contributed by atoms with van der Waals surface area (Å²) >= 11 is 0. The van der Waals surface area contributed by atoms with Gasteiger partial charge in [0.25, 0.3) is 0 Å². The molecule has 0 amide bonds. The van der Waals surface area contributed by atoms with Crippen LogP contribution in [0.1, 0.15) is 13.8 Å². The Balaban J connectivity index is 4.28. The smallest absolute Gasteiger partial charge is 0.309 e. The van der Waals surface area contributed by atoms with Gasteiger partial charge < -0.3 is 9.47 Å². The van der Waals surface area contributed by atoms with Crippen molar-refractivity contribution in [1.82, 2.24) is 4.31 Å². The number of hydrogen-bond donors (Lipinski definition) is 0. The molecule has 0 aliphatic rings. The molecule has 0 spiro atoms. The highest BCUT2D eigenvalue weighted by Gasteiger charge is 2.23. The zero-order valence-corrected chi connectivity index (χ0v) is 11.6. The second kappa shape index (κ2) is 7.62. The van der Waals surface area contributed by atoms with E-state index < -0.39 is 21.9 Å². The molecule has 0 rings (SSSR count). The monoisotopic (exact) mass is 267 g/mol. The normalized spacial score (nSPS) is 13.7. The van der Waals surface area contributed by atoms with Crippen LogP contribution in [0.25, 0.3) is 0 Å². The van der Waals surface area contributed by atoms with Gasteiger partial charge in [0.05, 0.1) is 25.4 Å². The molecule has 0 aromatic heterocycles. The fourth-order valence-corrected chi connectivity index (χ4v) is 2.33. The van der Waals surface area contributed by atoms with Crippen molar-refractivity contribution in [3.63, 3.8) is 0 Å². The molecule has 0 saturated carbocycles. The summed E-state index contributed by atoms with van der Waals surface area (Å²) in [4.78, 5) is 11.2. The van der Waals surface area contributed by atoms with Crippen molar-refractivity contribution in [3.05, 3.63) is 0 Å². The van der Waals surface area contributed by atoms with Crippen LogP contribution in [0, 0.1) is 5.92 Å². The molecule has 17 heavy (non-hydrogen) atoms. The number of rotatable bonds is 8. The van der Waals surface area contributed by atoms with E-state index in [-0.39, 0.29) is 18.9 Å². The molecule has 0 aromatic carbocycles. The van der Waals surface area contributed by atoms with E-state index in [4.69, 9.17) is 4.74 Å². The van der Waals surface area contributed by atoms with Crippen LogP contribution >= 0.6 is 0 Å². The highest BCUT2D eigenvalue weighted by Crippen LogP contribution is 2.05. The fourth-order valence-electron chi connectivity index (χ4n) is 1.24. The van der Waals surface area contributed by atoms with Crippen molar-refractivity contribution >= 4 is 16.0 Å². The van der Waals surface area contributed by atoms with Gasteiger partial charge in [0.1, 0.15) is 0 Å². The summed E-state index contributed by atoms with van der Waals surface area (Å²) < 4.78 is 34.2. The van der Waals surface area contributed by atoms with E-state index in [1.807, 2.05) is 0 Å². The Hall–Kier alpha value is -0.660. The molecular weight excluding hydrogens is 246 g/mol. The molecule has 0 N–H and O–H groups in total. The van der Waals surface area contributed by atoms with Gasteiger partial charge in [-0.15, -0.1) is 0 Å². The van der Waals surface area contributed by atoms with E-state index >= 15 is 0 Å². The summed E-state index contributed by atoms with van der Waals surface area (Å²) in [6.45, 7) is 4.19. The van der Waals surface area contributed by atoms with E-state index in [1.54, 1.807) is 13.8 Å². The van der Waals surface area contributed by atoms with Gasteiger partial charge in [0, 0.05) is 20.2 Å². The molecule has 102 valence electrons. The molecule has 0 bridgehead atoms. The average molecular weight is 267 g/mol. The predicted molar refractivity (Wildman–Crippen MR) is 64.1 cm³/mol. The second-order valence-corrected chi connectivity index (χ2v) is 5.91. The van der Waals surface area contributed by atoms with Crippen LogP contribution in [0.15, 0.2) is 0 Å². The molecule has 6 nitrogen and oxygen atoms in total. The van der Waals surface area contributed by atoms with Crippen molar-refractivity contribution < 1.29 is 22.7 Å². The second-order valence-electron chi connectivity index (χ2n) is 3.72. The number of ether oxygens (including phenoxy) is 2. The molecule has 0 aromatic rings. The van der Waals surface area contributed by atoms with Crippen molar-refractivity contribution in [2.75, 3.05) is 39.7 Å². The van der Waals surface area contributed by atoms with Gasteiger partial charge in [-0.3, -0.25) is 4.79 Å². The van der Waals surface area contributed by atoms with Crippen LogP contribution in [0.4, 0.5) is 0 Å². The molecule has 0 aliphatic carbocycles. The third kappa shape index (κ3) is 5.99. The first-order chi connectivity index (χ1) is 7.85. The van der Waals surface area contributed by atoms with Crippen molar-refractivity contribution in [1.29, 1.82) is 0 Å². The van der Waals surface area contributed by atoms with Crippen LogP contribution in [-0.4, -0.2) is 58.4 Å². The first kappa shape index (κ1) is 16.3. The van der Waals surface area contributed by atoms with E-state index in [0.717, 1.165) is 4.31 Å². The fraction of sp³-hybridized carbons (Fsp3) is 0.900. The molecule has 0 fully saturated rings. The van der Waals surface area contributed by atoms with Crippen LogP contribution in [-0.2, 0) is 24.3 Å². The average Bonchev–Trinajstić information content (AvgIpc) is 2.27. The number of hydrogen-bond acceptors (Lipinski definition) is 5. The molecular formula is C10H21NO5S. The molecule has 7 heteroatoms. The Bertz CT molecular complexity index is 328. The maximum Gasteiger partial charge on any atom is 0.309 e. The number of methoxy groups -OCH3 is 1. The lowest BCUT2D eigenvalue weighted by molar-refractivity contribution is -0.144. The highest BCUT2D eigenvalue weighted by molar-refractivity contribution is 7.89. The molecule has 0 radical (unpaired) electrons. The summed E-state index contributed by atoms with van der Waals surface area (Å²) in [6, 6.07) is 0. The SMILES string of the molecule is CCOCCS(=O)(=O)N(C)C[C@H](C)C(=O)OC. The first-order valence-corrected chi connectivity index (χ1v) is 7.05. The van der Waals surface area contributed by atoms with Gasteiger partial charge in [-0.05, 0) is 6.92 Å². The summed E-state index contributed by atoms with van der Waals surface area (Å²) in [7, 11) is -0.643. The molecule has 0 heterocycles. The van der Waals surface area contributed by atoms with Crippen molar-refractivity contribution in [3.8, 4) is 0 Å². The lowest BCUT2D eigenvalue weighted by Gasteiger charge is -2.19. The van der Waals surface area contributed by atoms with Crippen LogP contribution < -0.4 is 0 Å². The molecule has 0 saturated heterocycles. The lowest BCUT2D eigenvalue weighted by atomic mass is 10.2. The van der Waals surface area contributed by atoms with Gasteiger partial charge in [-0.25, -0.2) is 12.7 Å². The van der Waals surface area contributed by atoms with Gasteiger partial charge in [0.15, 0.2) is 0 Å². The summed E-state index contributed by atoms with van der Waals surface area (Å²) in [5.41, 5.74) is 0. The standard InChI is InChI=1S/C10H21NO5S/c1-5-16-6-7-17(13,14)11(3)8-9(2)10(12)15-4/h9H,5-8H2,1-4H3/t9-/m0/s1. The van der Waals surface area contributed by atoms with E-state index in [9.17, 15) is 13.2 Å².